The fourth-order valence-electron chi connectivity index (χ4n) is 1.99. The molecule has 0 spiro atoms. The molecular formula is C16H20N4O2. The third-order valence-corrected chi connectivity index (χ3v) is 3.36. The van der Waals surface area contributed by atoms with Crippen molar-refractivity contribution >= 4 is 28.4 Å². The number of hydrogen-bond acceptors (Lipinski definition) is 4. The Morgan fingerprint density at radius 3 is 2.73 bits per heavy atom. The average molecular weight is 300 g/mol. The molecule has 0 aliphatic heterocycles. The molecule has 2 aromatic rings. The van der Waals surface area contributed by atoms with E-state index in [1.807, 2.05) is 32.0 Å². The first-order chi connectivity index (χ1) is 10.5. The molecule has 0 fully saturated rings. The summed E-state index contributed by atoms with van der Waals surface area (Å²) in [5.74, 6) is -0.613. The standard InChI is InChI=1S/C16H20N4O2/c1-10(2)15(17)16(22)19-9-14(21)20-13-7-3-6-12-11(13)5-4-8-18-12/h3-8,10,15H,9,17H2,1-2H3,(H,19,22)(H,20,21)/t15-/m0/s1. The van der Waals surface area contributed by atoms with Crippen molar-refractivity contribution in [1.29, 1.82) is 0 Å². The summed E-state index contributed by atoms with van der Waals surface area (Å²) >= 11 is 0. The smallest absolute Gasteiger partial charge is 0.243 e. The second-order valence-corrected chi connectivity index (χ2v) is 5.41. The van der Waals surface area contributed by atoms with Gasteiger partial charge in [-0.3, -0.25) is 14.6 Å². The second-order valence-electron chi connectivity index (χ2n) is 5.41. The van der Waals surface area contributed by atoms with E-state index < -0.39 is 6.04 Å². The zero-order valence-electron chi connectivity index (χ0n) is 12.7. The molecular weight excluding hydrogens is 280 g/mol. The number of fused-ring (bicyclic) bond motifs is 1. The summed E-state index contributed by atoms with van der Waals surface area (Å²) in [6.45, 7) is 3.59. The number of nitrogens with one attached hydrogen (secondary N) is 2. The van der Waals surface area contributed by atoms with E-state index in [9.17, 15) is 9.59 Å². The van der Waals surface area contributed by atoms with Gasteiger partial charge in [0.2, 0.25) is 11.8 Å². The molecule has 2 amide bonds. The molecule has 1 heterocycles. The number of hydrogen-bond donors (Lipinski definition) is 3. The topological polar surface area (TPSA) is 97.1 Å². The number of rotatable bonds is 5. The lowest BCUT2D eigenvalue weighted by molar-refractivity contribution is -0.125. The number of amides is 2. The lowest BCUT2D eigenvalue weighted by Gasteiger charge is -2.15. The van der Waals surface area contributed by atoms with Crippen molar-refractivity contribution in [3.05, 3.63) is 36.5 Å². The summed E-state index contributed by atoms with van der Waals surface area (Å²) in [5, 5.41) is 6.16. The largest absolute Gasteiger partial charge is 0.346 e. The fraction of sp³-hybridized carbons (Fsp3) is 0.312. The van der Waals surface area contributed by atoms with Crippen LogP contribution >= 0.6 is 0 Å². The van der Waals surface area contributed by atoms with Crippen LogP contribution in [0.25, 0.3) is 10.9 Å². The number of nitrogens with two attached hydrogens (primary N) is 1. The monoisotopic (exact) mass is 300 g/mol. The van der Waals surface area contributed by atoms with E-state index in [2.05, 4.69) is 15.6 Å². The van der Waals surface area contributed by atoms with Gasteiger partial charge in [0.1, 0.15) is 0 Å². The summed E-state index contributed by atoms with van der Waals surface area (Å²) in [7, 11) is 0. The summed E-state index contributed by atoms with van der Waals surface area (Å²) < 4.78 is 0. The number of nitrogens with zero attached hydrogens (tertiary/aromatic N) is 1. The van der Waals surface area contributed by atoms with Gasteiger partial charge in [-0.1, -0.05) is 19.9 Å². The quantitative estimate of drug-likeness (QED) is 0.774. The summed E-state index contributed by atoms with van der Waals surface area (Å²) in [6.07, 6.45) is 1.70. The van der Waals surface area contributed by atoms with Crippen LogP contribution in [-0.2, 0) is 9.59 Å². The Morgan fingerprint density at radius 1 is 1.23 bits per heavy atom. The molecule has 0 bridgehead atoms. The van der Waals surface area contributed by atoms with Gasteiger partial charge in [0.05, 0.1) is 23.8 Å². The van der Waals surface area contributed by atoms with Crippen molar-refractivity contribution in [2.75, 3.05) is 11.9 Å². The number of benzene rings is 1. The maximum absolute atomic E-state index is 12.0. The molecule has 6 heteroatoms. The van der Waals surface area contributed by atoms with Gasteiger partial charge < -0.3 is 16.4 Å². The SMILES string of the molecule is CC(C)[C@H](N)C(=O)NCC(=O)Nc1cccc2ncccc12. The molecule has 4 N–H and O–H groups in total. The fourth-order valence-corrected chi connectivity index (χ4v) is 1.99. The van der Waals surface area contributed by atoms with Gasteiger partial charge in [-0.15, -0.1) is 0 Å². The third kappa shape index (κ3) is 3.79. The van der Waals surface area contributed by atoms with Crippen LogP contribution in [0.2, 0.25) is 0 Å². The van der Waals surface area contributed by atoms with E-state index in [1.165, 1.54) is 0 Å². The van der Waals surface area contributed by atoms with Crippen LogP contribution in [0, 0.1) is 5.92 Å². The minimum Gasteiger partial charge on any atom is -0.346 e. The van der Waals surface area contributed by atoms with Gasteiger partial charge >= 0.3 is 0 Å². The van der Waals surface area contributed by atoms with E-state index in [0.717, 1.165) is 10.9 Å². The maximum Gasteiger partial charge on any atom is 0.243 e. The normalized spacial score (nSPS) is 12.2. The van der Waals surface area contributed by atoms with Crippen molar-refractivity contribution in [2.45, 2.75) is 19.9 Å². The number of carbonyl (C=O) groups is 2. The molecule has 1 aromatic carbocycles. The molecule has 1 atom stereocenters. The highest BCUT2D eigenvalue weighted by atomic mass is 16.2. The zero-order valence-corrected chi connectivity index (χ0v) is 12.7. The predicted molar refractivity (Wildman–Crippen MR) is 86.2 cm³/mol. The first-order valence-electron chi connectivity index (χ1n) is 7.16. The summed E-state index contributed by atoms with van der Waals surface area (Å²) in [6, 6.07) is 8.55. The maximum atomic E-state index is 12.0. The van der Waals surface area contributed by atoms with E-state index in [1.54, 1.807) is 18.3 Å². The van der Waals surface area contributed by atoms with Crippen LogP contribution in [0.1, 0.15) is 13.8 Å². The molecule has 6 nitrogen and oxygen atoms in total. The number of anilines is 1. The van der Waals surface area contributed by atoms with Crippen molar-refractivity contribution in [1.82, 2.24) is 10.3 Å². The Morgan fingerprint density at radius 2 is 2.00 bits per heavy atom. The van der Waals surface area contributed by atoms with Crippen molar-refractivity contribution in [2.24, 2.45) is 11.7 Å². The Bertz CT molecular complexity index is 679. The molecule has 0 saturated carbocycles. The molecule has 2 rings (SSSR count). The molecule has 1 aromatic heterocycles. The molecule has 22 heavy (non-hydrogen) atoms. The van der Waals surface area contributed by atoms with Crippen molar-refractivity contribution in [3.63, 3.8) is 0 Å². The highest BCUT2D eigenvalue weighted by Crippen LogP contribution is 2.20. The zero-order chi connectivity index (χ0) is 16.1. The predicted octanol–water partition coefficient (Wildman–Crippen LogP) is 1.27. The summed E-state index contributed by atoms with van der Waals surface area (Å²) in [5.41, 5.74) is 7.18. The van der Waals surface area contributed by atoms with Gasteiger partial charge in [-0.2, -0.15) is 0 Å². The Kier molecular flexibility index (Phi) is 5.06. The van der Waals surface area contributed by atoms with Gasteiger partial charge in [-0.05, 0) is 30.2 Å². The van der Waals surface area contributed by atoms with Crippen LogP contribution in [0.4, 0.5) is 5.69 Å². The minimum atomic E-state index is -0.616. The minimum absolute atomic E-state index is 0.0206. The van der Waals surface area contributed by atoms with Gasteiger partial charge in [0.15, 0.2) is 0 Å². The van der Waals surface area contributed by atoms with Crippen molar-refractivity contribution in [3.8, 4) is 0 Å². The van der Waals surface area contributed by atoms with Crippen LogP contribution in [-0.4, -0.2) is 29.4 Å². The van der Waals surface area contributed by atoms with E-state index in [4.69, 9.17) is 5.73 Å². The van der Waals surface area contributed by atoms with E-state index >= 15 is 0 Å². The average Bonchev–Trinajstić information content (AvgIpc) is 2.52. The molecule has 0 unspecified atom stereocenters. The molecule has 116 valence electrons. The number of aromatic nitrogens is 1. The Labute approximate surface area is 129 Å². The van der Waals surface area contributed by atoms with E-state index in [-0.39, 0.29) is 24.3 Å². The number of carbonyl (C=O) groups excluding carboxylic acids is 2. The highest BCUT2D eigenvalue weighted by molar-refractivity contribution is 6.02. The molecule has 0 saturated heterocycles. The van der Waals surface area contributed by atoms with Crippen LogP contribution < -0.4 is 16.4 Å². The van der Waals surface area contributed by atoms with Gasteiger partial charge in [0, 0.05) is 11.6 Å². The van der Waals surface area contributed by atoms with Crippen LogP contribution in [0.15, 0.2) is 36.5 Å². The van der Waals surface area contributed by atoms with Crippen LogP contribution in [0.5, 0.6) is 0 Å². The molecule has 0 aliphatic rings. The lowest BCUT2D eigenvalue weighted by atomic mass is 10.1. The lowest BCUT2D eigenvalue weighted by Crippen LogP contribution is -2.46. The second kappa shape index (κ2) is 7.00. The van der Waals surface area contributed by atoms with Gasteiger partial charge in [-0.25, -0.2) is 0 Å². The first kappa shape index (κ1) is 15.9. The van der Waals surface area contributed by atoms with Crippen molar-refractivity contribution < 1.29 is 9.59 Å². The number of pyridine rings is 1. The highest BCUT2D eigenvalue weighted by Gasteiger charge is 2.17. The Balaban J connectivity index is 1.98. The van der Waals surface area contributed by atoms with E-state index in [0.29, 0.717) is 5.69 Å². The molecule has 0 radical (unpaired) electrons. The summed E-state index contributed by atoms with van der Waals surface area (Å²) in [4.78, 5) is 27.9. The van der Waals surface area contributed by atoms with Crippen LogP contribution in [0.3, 0.4) is 0 Å². The first-order valence-corrected chi connectivity index (χ1v) is 7.16. The molecule has 0 aliphatic carbocycles. The van der Waals surface area contributed by atoms with Gasteiger partial charge in [0.25, 0.3) is 0 Å². The third-order valence-electron chi connectivity index (χ3n) is 3.36. The Hall–Kier alpha value is -2.47.